The van der Waals surface area contributed by atoms with E-state index in [9.17, 15) is 4.39 Å². The van der Waals surface area contributed by atoms with E-state index < -0.39 is 5.82 Å². The highest BCUT2D eigenvalue weighted by atomic mass is 35.5. The highest BCUT2D eigenvalue weighted by molar-refractivity contribution is 6.33. The number of pyridine rings is 2. The Kier molecular flexibility index (Phi) is 2.58. The van der Waals surface area contributed by atoms with Gasteiger partial charge < -0.3 is 0 Å². The van der Waals surface area contributed by atoms with Crippen LogP contribution in [0.5, 0.6) is 0 Å². The van der Waals surface area contributed by atoms with Crippen molar-refractivity contribution in [1.29, 1.82) is 0 Å². The maximum absolute atomic E-state index is 13.4. The van der Waals surface area contributed by atoms with Gasteiger partial charge in [-0.15, -0.1) is 0 Å². The summed E-state index contributed by atoms with van der Waals surface area (Å²) < 4.78 is 13.4. The van der Waals surface area contributed by atoms with E-state index in [0.717, 1.165) is 11.9 Å². The lowest BCUT2D eigenvalue weighted by atomic mass is 9.91. The average Bonchev–Trinajstić information content (AvgIpc) is 2.22. The summed E-state index contributed by atoms with van der Waals surface area (Å²) in [7, 11) is 0. The van der Waals surface area contributed by atoms with Gasteiger partial charge >= 0.3 is 0 Å². The predicted molar refractivity (Wildman–Crippen MR) is 63.2 cm³/mol. The van der Waals surface area contributed by atoms with Crippen molar-refractivity contribution in [3.63, 3.8) is 0 Å². The van der Waals surface area contributed by atoms with E-state index in [1.54, 1.807) is 6.07 Å². The number of hydrogen-bond acceptors (Lipinski definition) is 2. The normalized spacial score (nSPS) is 12.1. The van der Waals surface area contributed by atoms with E-state index in [-0.39, 0.29) is 10.6 Å². The molecular weight excluding hydrogens is 227 g/mol. The van der Waals surface area contributed by atoms with Gasteiger partial charge in [0, 0.05) is 16.5 Å². The van der Waals surface area contributed by atoms with Gasteiger partial charge in [0.1, 0.15) is 5.52 Å². The minimum Gasteiger partial charge on any atom is -0.249 e. The second kappa shape index (κ2) is 3.67. The Labute approximate surface area is 98.5 Å². The molecule has 16 heavy (non-hydrogen) atoms. The molecule has 2 nitrogen and oxygen atoms in total. The van der Waals surface area contributed by atoms with Crippen LogP contribution in [-0.4, -0.2) is 9.97 Å². The molecule has 2 aromatic rings. The van der Waals surface area contributed by atoms with Gasteiger partial charge in [0.05, 0.1) is 6.20 Å². The minimum atomic E-state index is -0.396. The summed E-state index contributed by atoms with van der Waals surface area (Å²) in [6.07, 6.45) is 1.11. The van der Waals surface area contributed by atoms with Crippen molar-refractivity contribution in [2.45, 2.75) is 26.2 Å². The van der Waals surface area contributed by atoms with Gasteiger partial charge in [0.25, 0.3) is 0 Å². The fourth-order valence-electron chi connectivity index (χ4n) is 1.47. The molecule has 0 aliphatic heterocycles. The Hall–Kier alpha value is -1.22. The Morgan fingerprint density at radius 1 is 1.25 bits per heavy atom. The molecule has 4 heteroatoms. The van der Waals surface area contributed by atoms with Crippen molar-refractivity contribution >= 4 is 22.5 Å². The third-order valence-corrected chi connectivity index (χ3v) is 2.68. The number of rotatable bonds is 0. The van der Waals surface area contributed by atoms with Gasteiger partial charge in [-0.1, -0.05) is 32.4 Å². The summed E-state index contributed by atoms with van der Waals surface area (Å²) in [5.74, 6) is -0.396. The first-order valence-corrected chi connectivity index (χ1v) is 5.38. The summed E-state index contributed by atoms with van der Waals surface area (Å²) in [5.41, 5.74) is 1.20. The van der Waals surface area contributed by atoms with Crippen LogP contribution in [0.25, 0.3) is 10.9 Å². The van der Waals surface area contributed by atoms with Gasteiger partial charge in [-0.25, -0.2) is 14.4 Å². The zero-order valence-corrected chi connectivity index (χ0v) is 10.1. The number of fused-ring (bicyclic) bond motifs is 1. The molecule has 0 amide bonds. The fourth-order valence-corrected chi connectivity index (χ4v) is 1.66. The number of aromatic nitrogens is 2. The molecule has 0 aliphatic carbocycles. The van der Waals surface area contributed by atoms with Crippen LogP contribution in [0.1, 0.15) is 26.5 Å². The third kappa shape index (κ3) is 1.87. The Morgan fingerprint density at radius 3 is 2.56 bits per heavy atom. The van der Waals surface area contributed by atoms with Crippen molar-refractivity contribution in [3.8, 4) is 0 Å². The zero-order chi connectivity index (χ0) is 11.9. The Bertz CT molecular complexity index is 546. The second-order valence-corrected chi connectivity index (χ2v) is 5.10. The summed E-state index contributed by atoms with van der Waals surface area (Å²) in [5, 5.41) is 0.649. The highest BCUT2D eigenvalue weighted by Crippen LogP contribution is 2.26. The topological polar surface area (TPSA) is 25.8 Å². The standard InChI is InChI=1S/C12H12ClFN2/c1-12(2,3)9-5-4-7-8(14)6-15-11(13)10(7)16-9/h4-6H,1-3H3. The van der Waals surface area contributed by atoms with Crippen LogP contribution in [0.2, 0.25) is 5.15 Å². The van der Waals surface area contributed by atoms with Gasteiger partial charge in [0.2, 0.25) is 0 Å². The lowest BCUT2D eigenvalue weighted by molar-refractivity contribution is 0.571. The maximum Gasteiger partial charge on any atom is 0.155 e. The highest BCUT2D eigenvalue weighted by Gasteiger charge is 2.17. The molecule has 0 saturated carbocycles. The first-order chi connectivity index (χ1) is 7.39. The molecule has 0 saturated heterocycles. The molecule has 0 fully saturated rings. The monoisotopic (exact) mass is 238 g/mol. The Balaban J connectivity index is 2.76. The van der Waals surface area contributed by atoms with E-state index in [1.165, 1.54) is 0 Å². The average molecular weight is 239 g/mol. The molecule has 84 valence electrons. The number of halogens is 2. The quantitative estimate of drug-likeness (QED) is 0.654. The van der Waals surface area contributed by atoms with E-state index in [0.29, 0.717) is 10.9 Å². The van der Waals surface area contributed by atoms with Gasteiger partial charge in [0.15, 0.2) is 11.0 Å². The summed E-state index contributed by atoms with van der Waals surface area (Å²) in [6, 6.07) is 3.52. The van der Waals surface area contributed by atoms with Crippen LogP contribution >= 0.6 is 11.6 Å². The summed E-state index contributed by atoms with van der Waals surface area (Å²) in [6.45, 7) is 6.13. The molecule has 0 unspecified atom stereocenters. The SMILES string of the molecule is CC(C)(C)c1ccc2c(F)cnc(Cl)c2n1. The van der Waals surface area contributed by atoms with Crippen molar-refractivity contribution < 1.29 is 4.39 Å². The molecule has 0 atom stereocenters. The molecule has 0 spiro atoms. The summed E-state index contributed by atoms with van der Waals surface area (Å²) in [4.78, 5) is 8.13. The molecule has 2 rings (SSSR count). The van der Waals surface area contributed by atoms with Gasteiger partial charge in [-0.05, 0) is 12.1 Å². The van der Waals surface area contributed by atoms with Crippen molar-refractivity contribution in [1.82, 2.24) is 9.97 Å². The lowest BCUT2D eigenvalue weighted by Crippen LogP contribution is -2.13. The first-order valence-electron chi connectivity index (χ1n) is 5.01. The van der Waals surface area contributed by atoms with Crippen LogP contribution in [0.15, 0.2) is 18.3 Å². The molecule has 2 heterocycles. The van der Waals surface area contributed by atoms with Crippen LogP contribution in [0, 0.1) is 5.82 Å². The van der Waals surface area contributed by atoms with E-state index in [4.69, 9.17) is 11.6 Å². The molecular formula is C12H12ClFN2. The molecule has 0 bridgehead atoms. The lowest BCUT2D eigenvalue weighted by Gasteiger charge is -2.18. The van der Waals surface area contributed by atoms with Gasteiger partial charge in [-0.2, -0.15) is 0 Å². The molecule has 0 radical (unpaired) electrons. The van der Waals surface area contributed by atoms with Crippen LogP contribution in [-0.2, 0) is 5.41 Å². The fraction of sp³-hybridized carbons (Fsp3) is 0.333. The minimum absolute atomic E-state index is 0.0934. The summed E-state index contributed by atoms with van der Waals surface area (Å²) >= 11 is 5.91. The first kappa shape index (κ1) is 11.3. The predicted octanol–water partition coefficient (Wildman–Crippen LogP) is 3.72. The van der Waals surface area contributed by atoms with Crippen LogP contribution < -0.4 is 0 Å². The van der Waals surface area contributed by atoms with E-state index in [2.05, 4.69) is 9.97 Å². The van der Waals surface area contributed by atoms with E-state index >= 15 is 0 Å². The van der Waals surface area contributed by atoms with Crippen molar-refractivity contribution in [2.24, 2.45) is 0 Å². The van der Waals surface area contributed by atoms with Crippen molar-refractivity contribution in [3.05, 3.63) is 35.0 Å². The smallest absolute Gasteiger partial charge is 0.155 e. The number of hydrogen-bond donors (Lipinski definition) is 0. The second-order valence-electron chi connectivity index (χ2n) is 4.74. The molecule has 0 aromatic carbocycles. The maximum atomic E-state index is 13.4. The Morgan fingerprint density at radius 2 is 1.94 bits per heavy atom. The van der Waals surface area contributed by atoms with Crippen molar-refractivity contribution in [2.75, 3.05) is 0 Å². The molecule has 2 aromatic heterocycles. The van der Waals surface area contributed by atoms with E-state index in [1.807, 2.05) is 26.8 Å². The van der Waals surface area contributed by atoms with Crippen LogP contribution in [0.3, 0.4) is 0 Å². The third-order valence-electron chi connectivity index (χ3n) is 2.41. The van der Waals surface area contributed by atoms with Crippen LogP contribution in [0.4, 0.5) is 4.39 Å². The molecule has 0 N–H and O–H groups in total. The number of nitrogens with zero attached hydrogens (tertiary/aromatic N) is 2. The zero-order valence-electron chi connectivity index (χ0n) is 9.38. The largest absolute Gasteiger partial charge is 0.249 e. The van der Waals surface area contributed by atoms with Gasteiger partial charge in [-0.3, -0.25) is 0 Å². The molecule has 0 aliphatic rings.